The number of hydrogen-bond donors (Lipinski definition) is 2. The number of rotatable bonds is 5. The van der Waals surface area contributed by atoms with Crippen LogP contribution in [0.15, 0.2) is 23.2 Å². The van der Waals surface area contributed by atoms with Crippen molar-refractivity contribution in [2.24, 2.45) is 0 Å². The minimum absolute atomic E-state index is 0.00666. The van der Waals surface area contributed by atoms with Crippen LogP contribution in [-0.4, -0.2) is 28.2 Å². The molecule has 0 spiro atoms. The van der Waals surface area contributed by atoms with Crippen LogP contribution in [0.2, 0.25) is 0 Å². The Morgan fingerprint density at radius 3 is 2.88 bits per heavy atom. The third-order valence-corrected chi connectivity index (χ3v) is 1.86. The lowest BCUT2D eigenvalue weighted by Crippen LogP contribution is -2.40. The molecule has 1 unspecified atom stereocenters. The van der Waals surface area contributed by atoms with Gasteiger partial charge >= 0.3 is 5.97 Å². The van der Waals surface area contributed by atoms with E-state index < -0.39 is 17.9 Å². The molecule has 0 aromatic carbocycles. The first-order valence-corrected chi connectivity index (χ1v) is 4.62. The van der Waals surface area contributed by atoms with Crippen molar-refractivity contribution >= 4 is 11.9 Å². The van der Waals surface area contributed by atoms with Gasteiger partial charge in [-0.05, 0) is 13.3 Å². The van der Waals surface area contributed by atoms with Gasteiger partial charge in [0.05, 0.1) is 5.69 Å². The van der Waals surface area contributed by atoms with Crippen LogP contribution in [0.4, 0.5) is 0 Å². The van der Waals surface area contributed by atoms with E-state index in [1.54, 1.807) is 6.92 Å². The number of aromatic nitrogens is 1. The molecule has 16 heavy (non-hydrogen) atoms. The van der Waals surface area contributed by atoms with Gasteiger partial charge in [0.25, 0.3) is 5.91 Å². The van der Waals surface area contributed by atoms with Gasteiger partial charge in [0.1, 0.15) is 6.04 Å². The Morgan fingerprint density at radius 1 is 1.75 bits per heavy atom. The molecule has 0 radical (unpaired) electrons. The van der Waals surface area contributed by atoms with Crippen LogP contribution < -0.4 is 5.32 Å². The Labute approximate surface area is 91.9 Å². The Balaban J connectivity index is 2.68. The highest BCUT2D eigenvalue weighted by molar-refractivity contribution is 5.94. The van der Waals surface area contributed by atoms with Gasteiger partial charge < -0.3 is 14.9 Å². The van der Waals surface area contributed by atoms with Crippen LogP contribution in [0.3, 0.4) is 0 Å². The largest absolute Gasteiger partial charge is 0.480 e. The lowest BCUT2D eigenvalue weighted by Gasteiger charge is -2.10. The summed E-state index contributed by atoms with van der Waals surface area (Å²) in [7, 11) is 0. The van der Waals surface area contributed by atoms with Gasteiger partial charge in [-0.3, -0.25) is 4.79 Å². The van der Waals surface area contributed by atoms with Crippen molar-refractivity contribution in [1.82, 2.24) is 10.5 Å². The van der Waals surface area contributed by atoms with E-state index in [0.29, 0.717) is 5.69 Å². The lowest BCUT2D eigenvalue weighted by molar-refractivity contribution is -0.139. The summed E-state index contributed by atoms with van der Waals surface area (Å²) in [6.07, 6.45) is 1.57. The first-order valence-electron chi connectivity index (χ1n) is 4.62. The molecule has 1 amide bonds. The first-order chi connectivity index (χ1) is 7.54. The number of nitrogens with zero attached hydrogens (tertiary/aromatic N) is 1. The maximum absolute atomic E-state index is 11.5. The molecular formula is C10H12N2O4. The average Bonchev–Trinajstić information content (AvgIpc) is 2.64. The second-order valence-electron chi connectivity index (χ2n) is 3.22. The van der Waals surface area contributed by atoms with Crippen LogP contribution in [-0.2, 0) is 4.79 Å². The number of aryl methyl sites for hydroxylation is 1. The van der Waals surface area contributed by atoms with Gasteiger partial charge in [-0.25, -0.2) is 4.79 Å². The lowest BCUT2D eigenvalue weighted by atomic mass is 10.2. The smallest absolute Gasteiger partial charge is 0.326 e. The number of aliphatic carboxylic acids is 1. The number of amides is 1. The van der Waals surface area contributed by atoms with Crippen molar-refractivity contribution in [3.63, 3.8) is 0 Å². The van der Waals surface area contributed by atoms with Crippen LogP contribution >= 0.6 is 0 Å². The van der Waals surface area contributed by atoms with E-state index in [1.807, 2.05) is 0 Å². The molecule has 0 saturated carbocycles. The molecule has 1 aromatic heterocycles. The number of carbonyl (C=O) groups is 2. The SMILES string of the molecule is C=CCC(NC(=O)c1cc(C)no1)C(=O)O. The van der Waals surface area contributed by atoms with Gasteiger partial charge in [-0.15, -0.1) is 6.58 Å². The zero-order valence-corrected chi connectivity index (χ0v) is 8.77. The molecule has 2 N–H and O–H groups in total. The molecule has 0 bridgehead atoms. The second kappa shape index (κ2) is 5.11. The van der Waals surface area contributed by atoms with Crippen LogP contribution in [0.25, 0.3) is 0 Å². The Morgan fingerprint density at radius 2 is 2.44 bits per heavy atom. The van der Waals surface area contributed by atoms with E-state index in [0.717, 1.165) is 0 Å². The van der Waals surface area contributed by atoms with Gasteiger partial charge in [-0.1, -0.05) is 11.2 Å². The maximum Gasteiger partial charge on any atom is 0.326 e. The molecular weight excluding hydrogens is 212 g/mol. The molecule has 0 aliphatic rings. The summed E-state index contributed by atoms with van der Waals surface area (Å²) >= 11 is 0. The van der Waals surface area contributed by atoms with Crippen molar-refractivity contribution in [3.8, 4) is 0 Å². The van der Waals surface area contributed by atoms with E-state index in [4.69, 9.17) is 9.63 Å². The summed E-state index contributed by atoms with van der Waals surface area (Å²) in [5.41, 5.74) is 0.556. The highest BCUT2D eigenvalue weighted by atomic mass is 16.5. The van der Waals surface area contributed by atoms with Crippen LogP contribution in [0.1, 0.15) is 22.7 Å². The quantitative estimate of drug-likeness (QED) is 0.719. The molecule has 0 fully saturated rings. The molecule has 0 saturated heterocycles. The molecule has 1 rings (SSSR count). The normalized spacial score (nSPS) is 11.8. The number of nitrogens with one attached hydrogen (secondary N) is 1. The monoisotopic (exact) mass is 224 g/mol. The van der Waals surface area contributed by atoms with Crippen molar-refractivity contribution in [3.05, 3.63) is 30.2 Å². The summed E-state index contributed by atoms with van der Waals surface area (Å²) < 4.78 is 4.70. The van der Waals surface area contributed by atoms with Crippen LogP contribution in [0.5, 0.6) is 0 Å². The molecule has 6 nitrogen and oxygen atoms in total. The molecule has 0 aliphatic heterocycles. The van der Waals surface area contributed by atoms with E-state index in [-0.39, 0.29) is 12.2 Å². The Kier molecular flexibility index (Phi) is 3.82. The van der Waals surface area contributed by atoms with Crippen LogP contribution in [0, 0.1) is 6.92 Å². The van der Waals surface area contributed by atoms with Gasteiger partial charge in [0, 0.05) is 6.07 Å². The average molecular weight is 224 g/mol. The second-order valence-corrected chi connectivity index (χ2v) is 3.22. The minimum atomic E-state index is -1.12. The number of carboxylic acid groups (broad SMARTS) is 1. The summed E-state index contributed by atoms with van der Waals surface area (Å²) in [5, 5.41) is 14.6. The first kappa shape index (κ1) is 12.0. The number of hydrogen-bond acceptors (Lipinski definition) is 4. The van der Waals surface area contributed by atoms with Gasteiger partial charge in [0.15, 0.2) is 0 Å². The zero-order valence-electron chi connectivity index (χ0n) is 8.77. The number of carboxylic acids is 1. The van der Waals surface area contributed by atoms with E-state index in [1.165, 1.54) is 12.1 Å². The molecule has 86 valence electrons. The summed E-state index contributed by atoms with van der Waals surface area (Å²) in [4.78, 5) is 22.3. The standard InChI is InChI=1S/C10H12N2O4/c1-3-4-7(10(14)15)11-9(13)8-5-6(2)12-16-8/h3,5,7H,1,4H2,2H3,(H,11,13)(H,14,15). The van der Waals surface area contributed by atoms with Crippen molar-refractivity contribution < 1.29 is 19.2 Å². The maximum atomic E-state index is 11.5. The fraction of sp³-hybridized carbons (Fsp3) is 0.300. The fourth-order valence-corrected chi connectivity index (χ4v) is 1.09. The summed E-state index contributed by atoms with van der Waals surface area (Å²) in [6.45, 7) is 5.08. The van der Waals surface area contributed by atoms with E-state index in [2.05, 4.69) is 17.1 Å². The van der Waals surface area contributed by atoms with Crippen molar-refractivity contribution in [2.45, 2.75) is 19.4 Å². The molecule has 0 aliphatic carbocycles. The Bertz CT molecular complexity index is 411. The van der Waals surface area contributed by atoms with E-state index >= 15 is 0 Å². The van der Waals surface area contributed by atoms with Crippen molar-refractivity contribution in [1.29, 1.82) is 0 Å². The van der Waals surface area contributed by atoms with Crippen molar-refractivity contribution in [2.75, 3.05) is 0 Å². The highest BCUT2D eigenvalue weighted by Gasteiger charge is 2.21. The third-order valence-electron chi connectivity index (χ3n) is 1.86. The summed E-state index contributed by atoms with van der Waals surface area (Å²) in [5.74, 6) is -1.73. The molecule has 1 atom stereocenters. The minimum Gasteiger partial charge on any atom is -0.480 e. The predicted octanol–water partition coefficient (Wildman–Crippen LogP) is 0.742. The topological polar surface area (TPSA) is 92.4 Å². The molecule has 1 aromatic rings. The summed E-state index contributed by atoms with van der Waals surface area (Å²) in [6, 6.07) is 0.428. The molecule has 6 heteroatoms. The predicted molar refractivity (Wildman–Crippen MR) is 54.9 cm³/mol. The fourth-order valence-electron chi connectivity index (χ4n) is 1.09. The third kappa shape index (κ3) is 2.94. The molecule has 1 heterocycles. The van der Waals surface area contributed by atoms with Gasteiger partial charge in [-0.2, -0.15) is 0 Å². The highest BCUT2D eigenvalue weighted by Crippen LogP contribution is 2.03. The number of carbonyl (C=O) groups excluding carboxylic acids is 1. The zero-order chi connectivity index (χ0) is 12.1. The Hall–Kier alpha value is -2.11. The van der Waals surface area contributed by atoms with Gasteiger partial charge in [0.2, 0.25) is 5.76 Å². The van der Waals surface area contributed by atoms with E-state index in [9.17, 15) is 9.59 Å².